The predicted octanol–water partition coefficient (Wildman–Crippen LogP) is 3.37. The Balaban J connectivity index is 1.55. The van der Waals surface area contributed by atoms with Crippen molar-refractivity contribution in [1.29, 1.82) is 0 Å². The summed E-state index contributed by atoms with van der Waals surface area (Å²) in [6.45, 7) is 0.199. The van der Waals surface area contributed by atoms with E-state index in [-0.39, 0.29) is 55.0 Å². The third kappa shape index (κ3) is 5.68. The third-order valence-electron chi connectivity index (χ3n) is 6.93. The minimum absolute atomic E-state index is 0.00637. The van der Waals surface area contributed by atoms with Crippen molar-refractivity contribution in [3.05, 3.63) is 82.9 Å². The summed E-state index contributed by atoms with van der Waals surface area (Å²) in [5.41, 5.74) is 1.74. The SMILES string of the molecule is CNC(=O)C(Cc1ccccc1)N(Cc1ccc(Cl)cc1)C(=O)CCN1C(=O)[C@H]2CC=CC[C@H]2C1=O. The maximum atomic E-state index is 13.6. The zero-order valence-electron chi connectivity index (χ0n) is 20.2. The highest BCUT2D eigenvalue weighted by atomic mass is 35.5. The Hall–Kier alpha value is -3.45. The number of likely N-dealkylation sites (N-methyl/N-ethyl adjacent to an activating group) is 1. The number of nitrogens with zero attached hydrogens (tertiary/aromatic N) is 2. The first-order valence-corrected chi connectivity index (χ1v) is 12.6. The number of rotatable bonds is 9. The van der Waals surface area contributed by atoms with Crippen LogP contribution in [0.3, 0.4) is 0 Å². The monoisotopic (exact) mass is 507 g/mol. The Morgan fingerprint density at radius 3 is 2.17 bits per heavy atom. The van der Waals surface area contributed by atoms with E-state index < -0.39 is 6.04 Å². The van der Waals surface area contributed by atoms with Crippen molar-refractivity contribution in [2.75, 3.05) is 13.6 Å². The van der Waals surface area contributed by atoms with Crippen molar-refractivity contribution >= 4 is 35.2 Å². The number of likely N-dealkylation sites (tertiary alicyclic amines) is 1. The fraction of sp³-hybridized carbons (Fsp3) is 0.357. The highest BCUT2D eigenvalue weighted by Gasteiger charge is 2.47. The molecule has 2 aliphatic rings. The molecule has 1 fully saturated rings. The van der Waals surface area contributed by atoms with Gasteiger partial charge in [0.15, 0.2) is 0 Å². The molecular formula is C28H30ClN3O4. The third-order valence-corrected chi connectivity index (χ3v) is 7.18. The van der Waals surface area contributed by atoms with Crippen LogP contribution in [0.1, 0.15) is 30.4 Å². The summed E-state index contributed by atoms with van der Waals surface area (Å²) in [5.74, 6) is -1.68. The predicted molar refractivity (Wildman–Crippen MR) is 137 cm³/mol. The molecule has 0 radical (unpaired) electrons. The normalized spacial score (nSPS) is 19.7. The van der Waals surface area contributed by atoms with Gasteiger partial charge in [-0.05, 0) is 36.1 Å². The quantitative estimate of drug-likeness (QED) is 0.416. The first kappa shape index (κ1) is 25.6. The van der Waals surface area contributed by atoms with Gasteiger partial charge in [-0.15, -0.1) is 0 Å². The maximum Gasteiger partial charge on any atom is 0.242 e. The molecule has 1 heterocycles. The van der Waals surface area contributed by atoms with Gasteiger partial charge in [0.05, 0.1) is 11.8 Å². The van der Waals surface area contributed by atoms with Gasteiger partial charge < -0.3 is 10.2 Å². The first-order chi connectivity index (χ1) is 17.4. The molecule has 1 N–H and O–H groups in total. The number of fused-ring (bicyclic) bond motifs is 1. The molecule has 2 aromatic carbocycles. The van der Waals surface area contributed by atoms with Gasteiger partial charge in [0, 0.05) is 38.0 Å². The van der Waals surface area contributed by atoms with E-state index in [1.54, 1.807) is 19.2 Å². The number of hydrogen-bond acceptors (Lipinski definition) is 4. The number of allylic oxidation sites excluding steroid dienone is 2. The molecule has 0 saturated carbocycles. The van der Waals surface area contributed by atoms with E-state index in [9.17, 15) is 19.2 Å². The largest absolute Gasteiger partial charge is 0.357 e. The number of imide groups is 1. The molecule has 36 heavy (non-hydrogen) atoms. The smallest absolute Gasteiger partial charge is 0.242 e. The van der Waals surface area contributed by atoms with E-state index in [0.717, 1.165) is 11.1 Å². The van der Waals surface area contributed by atoms with Crippen LogP contribution in [0, 0.1) is 11.8 Å². The Morgan fingerprint density at radius 1 is 0.972 bits per heavy atom. The maximum absolute atomic E-state index is 13.6. The van der Waals surface area contributed by atoms with Crippen LogP contribution in [0.4, 0.5) is 0 Å². The second kappa shape index (κ2) is 11.5. The van der Waals surface area contributed by atoms with Gasteiger partial charge in [-0.3, -0.25) is 24.1 Å². The van der Waals surface area contributed by atoms with Gasteiger partial charge in [-0.1, -0.05) is 66.2 Å². The molecule has 1 unspecified atom stereocenters. The molecule has 3 atom stereocenters. The van der Waals surface area contributed by atoms with Crippen LogP contribution in [-0.2, 0) is 32.1 Å². The van der Waals surface area contributed by atoms with Gasteiger partial charge in [0.25, 0.3) is 0 Å². The summed E-state index contributed by atoms with van der Waals surface area (Å²) in [5, 5.41) is 3.26. The fourth-order valence-electron chi connectivity index (χ4n) is 4.95. The summed E-state index contributed by atoms with van der Waals surface area (Å²) in [6.07, 6.45) is 5.26. The topological polar surface area (TPSA) is 86.8 Å². The van der Waals surface area contributed by atoms with E-state index in [4.69, 9.17) is 11.6 Å². The standard InChI is InChI=1S/C28H30ClN3O4/c1-30-26(34)24(17-19-7-3-2-4-8-19)32(18-20-11-13-21(29)14-12-20)25(33)15-16-31-27(35)22-9-5-6-10-23(22)28(31)36/h2-8,11-14,22-24H,9-10,15-18H2,1H3,(H,30,34)/t22-,23+,24?. The Labute approximate surface area is 216 Å². The van der Waals surface area contributed by atoms with Crippen molar-refractivity contribution in [2.45, 2.75) is 38.3 Å². The van der Waals surface area contributed by atoms with E-state index in [1.807, 2.05) is 54.6 Å². The average molecular weight is 508 g/mol. The Bertz CT molecular complexity index is 1120. The lowest BCUT2D eigenvalue weighted by molar-refractivity contribution is -0.144. The molecule has 4 rings (SSSR count). The number of carbonyl (C=O) groups is 4. The zero-order chi connectivity index (χ0) is 25.7. The molecular weight excluding hydrogens is 478 g/mol. The summed E-state index contributed by atoms with van der Waals surface area (Å²) in [6, 6.07) is 15.8. The lowest BCUT2D eigenvalue weighted by Crippen LogP contribution is -2.50. The number of halogens is 1. The molecule has 0 aromatic heterocycles. The van der Waals surface area contributed by atoms with Crippen molar-refractivity contribution in [3.63, 3.8) is 0 Å². The van der Waals surface area contributed by atoms with Crippen LogP contribution in [0.25, 0.3) is 0 Å². The number of benzene rings is 2. The molecule has 1 aliphatic heterocycles. The molecule has 4 amide bonds. The lowest BCUT2D eigenvalue weighted by Gasteiger charge is -2.31. The minimum Gasteiger partial charge on any atom is -0.357 e. The molecule has 188 valence electrons. The van der Waals surface area contributed by atoms with E-state index in [2.05, 4.69) is 5.32 Å². The molecule has 1 saturated heterocycles. The van der Waals surface area contributed by atoms with Gasteiger partial charge in [0.1, 0.15) is 6.04 Å². The summed E-state index contributed by atoms with van der Waals surface area (Å²) < 4.78 is 0. The van der Waals surface area contributed by atoms with E-state index >= 15 is 0 Å². The first-order valence-electron chi connectivity index (χ1n) is 12.2. The molecule has 1 aliphatic carbocycles. The van der Waals surface area contributed by atoms with Crippen LogP contribution in [-0.4, -0.2) is 53.1 Å². The molecule has 0 spiro atoms. The highest BCUT2D eigenvalue weighted by molar-refractivity contribution is 6.30. The molecule has 0 bridgehead atoms. The van der Waals surface area contributed by atoms with Crippen molar-refractivity contribution in [1.82, 2.24) is 15.1 Å². The molecule has 8 heteroatoms. The number of carbonyl (C=O) groups excluding carboxylic acids is 4. The van der Waals surface area contributed by atoms with Crippen LogP contribution in [0.2, 0.25) is 5.02 Å². The minimum atomic E-state index is -0.766. The summed E-state index contributed by atoms with van der Waals surface area (Å²) >= 11 is 6.04. The van der Waals surface area contributed by atoms with Crippen molar-refractivity contribution < 1.29 is 19.2 Å². The van der Waals surface area contributed by atoms with E-state index in [0.29, 0.717) is 24.3 Å². The van der Waals surface area contributed by atoms with Gasteiger partial charge in [-0.2, -0.15) is 0 Å². The van der Waals surface area contributed by atoms with Crippen LogP contribution in [0.15, 0.2) is 66.7 Å². The second-order valence-corrected chi connectivity index (χ2v) is 9.64. The summed E-state index contributed by atoms with van der Waals surface area (Å²) in [4.78, 5) is 55.1. The molecule has 2 aromatic rings. The average Bonchev–Trinajstić information content (AvgIpc) is 3.15. The zero-order valence-corrected chi connectivity index (χ0v) is 21.0. The van der Waals surface area contributed by atoms with E-state index in [1.165, 1.54) is 9.80 Å². The lowest BCUT2D eigenvalue weighted by atomic mass is 9.85. The van der Waals surface area contributed by atoms with Crippen molar-refractivity contribution in [2.24, 2.45) is 11.8 Å². The van der Waals surface area contributed by atoms with Gasteiger partial charge >= 0.3 is 0 Å². The van der Waals surface area contributed by atoms with Gasteiger partial charge in [0.2, 0.25) is 23.6 Å². The van der Waals surface area contributed by atoms with Crippen LogP contribution >= 0.6 is 11.6 Å². The van der Waals surface area contributed by atoms with Gasteiger partial charge in [-0.25, -0.2) is 0 Å². The highest BCUT2D eigenvalue weighted by Crippen LogP contribution is 2.35. The Kier molecular flexibility index (Phi) is 8.21. The van der Waals surface area contributed by atoms with Crippen LogP contribution < -0.4 is 5.32 Å². The fourth-order valence-corrected chi connectivity index (χ4v) is 5.07. The van der Waals surface area contributed by atoms with Crippen LogP contribution in [0.5, 0.6) is 0 Å². The van der Waals surface area contributed by atoms with Crippen molar-refractivity contribution in [3.8, 4) is 0 Å². The molecule has 7 nitrogen and oxygen atoms in total. The number of nitrogens with one attached hydrogen (secondary N) is 1. The number of amides is 4. The number of hydrogen-bond donors (Lipinski definition) is 1. The Morgan fingerprint density at radius 2 is 1.58 bits per heavy atom. The second-order valence-electron chi connectivity index (χ2n) is 9.20. The summed E-state index contributed by atoms with van der Waals surface area (Å²) in [7, 11) is 1.54.